The van der Waals surface area contributed by atoms with E-state index in [1.54, 1.807) is 12.4 Å². The number of carbonyl (C=O) groups excluding carboxylic acids is 1. The molecule has 17 heavy (non-hydrogen) atoms. The Bertz CT molecular complexity index is 396. The summed E-state index contributed by atoms with van der Waals surface area (Å²) in [6.45, 7) is 8.32. The number of hydrogen-bond acceptors (Lipinski definition) is 3. The van der Waals surface area contributed by atoms with E-state index in [1.165, 1.54) is 0 Å². The smallest absolute Gasteiger partial charge is 0.237 e. The van der Waals surface area contributed by atoms with Gasteiger partial charge in [-0.25, -0.2) is 0 Å². The van der Waals surface area contributed by atoms with E-state index in [9.17, 15) is 4.79 Å². The Morgan fingerprint density at radius 1 is 1.53 bits per heavy atom. The van der Waals surface area contributed by atoms with Gasteiger partial charge in [0.05, 0.1) is 6.04 Å². The summed E-state index contributed by atoms with van der Waals surface area (Å²) in [4.78, 5) is 15.9. The van der Waals surface area contributed by atoms with Crippen LogP contribution in [0, 0.1) is 12.3 Å². The molecule has 1 atom stereocenters. The summed E-state index contributed by atoms with van der Waals surface area (Å²) in [5.74, 6) is -0.124. The summed E-state index contributed by atoms with van der Waals surface area (Å²) in [6.07, 6.45) is 3.50. The van der Waals surface area contributed by atoms with E-state index in [-0.39, 0.29) is 11.3 Å². The van der Waals surface area contributed by atoms with Crippen LogP contribution in [0.2, 0.25) is 0 Å². The molecule has 1 aromatic heterocycles. The summed E-state index contributed by atoms with van der Waals surface area (Å²) >= 11 is 0. The van der Waals surface area contributed by atoms with Crippen molar-refractivity contribution in [2.45, 2.75) is 40.3 Å². The molecule has 3 N–H and O–H groups in total. The largest absolute Gasteiger partial charge is 0.351 e. The van der Waals surface area contributed by atoms with Gasteiger partial charge in [0, 0.05) is 18.9 Å². The average Bonchev–Trinajstić information content (AvgIpc) is 2.25. The zero-order valence-electron chi connectivity index (χ0n) is 10.9. The zero-order valence-corrected chi connectivity index (χ0v) is 10.9. The molecule has 4 nitrogen and oxygen atoms in total. The second-order valence-corrected chi connectivity index (χ2v) is 5.36. The minimum absolute atomic E-state index is 0.124. The van der Waals surface area contributed by atoms with Crippen molar-refractivity contribution in [3.8, 4) is 0 Å². The molecular formula is C13H21N3O. The minimum atomic E-state index is -0.500. The molecule has 0 aliphatic rings. The van der Waals surface area contributed by atoms with Crippen LogP contribution >= 0.6 is 0 Å². The van der Waals surface area contributed by atoms with Crippen molar-refractivity contribution in [2.75, 3.05) is 0 Å². The second-order valence-electron chi connectivity index (χ2n) is 5.36. The summed E-state index contributed by atoms with van der Waals surface area (Å²) < 4.78 is 0. The number of pyridine rings is 1. The lowest BCUT2D eigenvalue weighted by Gasteiger charge is -2.25. The molecule has 1 amide bonds. The zero-order chi connectivity index (χ0) is 13.1. The maximum absolute atomic E-state index is 11.8. The first-order valence-corrected chi connectivity index (χ1v) is 5.75. The first-order valence-electron chi connectivity index (χ1n) is 5.75. The molecule has 94 valence electrons. The molecule has 0 saturated heterocycles. The van der Waals surface area contributed by atoms with Gasteiger partial charge >= 0.3 is 0 Å². The molecule has 0 aromatic carbocycles. The van der Waals surface area contributed by atoms with E-state index in [0.29, 0.717) is 6.54 Å². The number of hydrogen-bond donors (Lipinski definition) is 2. The van der Waals surface area contributed by atoms with Crippen LogP contribution < -0.4 is 11.1 Å². The Kier molecular flexibility index (Phi) is 4.23. The molecular weight excluding hydrogens is 214 g/mol. The molecule has 0 fully saturated rings. The minimum Gasteiger partial charge on any atom is -0.351 e. The molecule has 1 aromatic rings. The summed E-state index contributed by atoms with van der Waals surface area (Å²) in [5.41, 5.74) is 7.77. The van der Waals surface area contributed by atoms with E-state index in [1.807, 2.05) is 33.8 Å². The fourth-order valence-corrected chi connectivity index (χ4v) is 1.37. The molecule has 1 rings (SSSR count). The van der Waals surface area contributed by atoms with Crippen LogP contribution in [0.25, 0.3) is 0 Å². The van der Waals surface area contributed by atoms with E-state index in [2.05, 4.69) is 10.3 Å². The molecule has 4 heteroatoms. The van der Waals surface area contributed by atoms with Crippen molar-refractivity contribution in [2.24, 2.45) is 11.1 Å². The van der Waals surface area contributed by atoms with Crippen molar-refractivity contribution in [3.63, 3.8) is 0 Å². The van der Waals surface area contributed by atoms with Crippen LogP contribution in [-0.2, 0) is 11.3 Å². The Balaban J connectivity index is 2.58. The number of rotatable bonds is 3. The quantitative estimate of drug-likeness (QED) is 0.831. The SMILES string of the molecule is Cc1ccncc1CNC(=O)C(N)C(C)(C)C. The third-order valence-electron chi connectivity index (χ3n) is 2.82. The first-order chi connectivity index (χ1) is 7.82. The van der Waals surface area contributed by atoms with Gasteiger partial charge in [-0.05, 0) is 29.5 Å². The molecule has 0 aliphatic heterocycles. The highest BCUT2D eigenvalue weighted by Gasteiger charge is 2.27. The summed E-state index contributed by atoms with van der Waals surface area (Å²) in [5, 5.41) is 2.84. The topological polar surface area (TPSA) is 68.0 Å². The van der Waals surface area contributed by atoms with E-state index in [0.717, 1.165) is 11.1 Å². The predicted octanol–water partition coefficient (Wildman–Crippen LogP) is 1.38. The highest BCUT2D eigenvalue weighted by Crippen LogP contribution is 2.17. The highest BCUT2D eigenvalue weighted by molar-refractivity contribution is 5.82. The summed E-state index contributed by atoms with van der Waals surface area (Å²) in [7, 11) is 0. The fraction of sp³-hybridized carbons (Fsp3) is 0.538. The van der Waals surface area contributed by atoms with Crippen LogP contribution in [0.3, 0.4) is 0 Å². The van der Waals surface area contributed by atoms with Crippen LogP contribution in [0.15, 0.2) is 18.5 Å². The second kappa shape index (κ2) is 5.27. The van der Waals surface area contributed by atoms with Crippen LogP contribution in [0.1, 0.15) is 31.9 Å². The normalized spacial score (nSPS) is 13.2. The molecule has 1 heterocycles. The number of nitrogens with two attached hydrogens (primary N) is 1. The lowest BCUT2D eigenvalue weighted by molar-refractivity contribution is -0.124. The lowest BCUT2D eigenvalue weighted by Crippen LogP contribution is -2.48. The Labute approximate surface area is 103 Å². The fourth-order valence-electron chi connectivity index (χ4n) is 1.37. The number of amides is 1. The molecule has 0 saturated carbocycles. The van der Waals surface area contributed by atoms with Crippen molar-refractivity contribution in [3.05, 3.63) is 29.6 Å². The van der Waals surface area contributed by atoms with Gasteiger partial charge in [-0.3, -0.25) is 9.78 Å². The monoisotopic (exact) mass is 235 g/mol. The van der Waals surface area contributed by atoms with E-state index >= 15 is 0 Å². The van der Waals surface area contributed by atoms with Crippen molar-refractivity contribution in [1.29, 1.82) is 0 Å². The maximum Gasteiger partial charge on any atom is 0.237 e. The Morgan fingerprint density at radius 2 is 2.18 bits per heavy atom. The van der Waals surface area contributed by atoms with Gasteiger partial charge in [0.25, 0.3) is 0 Å². The highest BCUT2D eigenvalue weighted by atomic mass is 16.2. The van der Waals surface area contributed by atoms with Gasteiger partial charge in [-0.2, -0.15) is 0 Å². The first kappa shape index (κ1) is 13.6. The van der Waals surface area contributed by atoms with Gasteiger partial charge in [-0.1, -0.05) is 20.8 Å². The predicted molar refractivity (Wildman–Crippen MR) is 68.3 cm³/mol. The number of aromatic nitrogens is 1. The molecule has 1 unspecified atom stereocenters. The molecule has 0 bridgehead atoms. The van der Waals surface area contributed by atoms with Crippen LogP contribution in [-0.4, -0.2) is 16.9 Å². The van der Waals surface area contributed by atoms with Gasteiger partial charge in [-0.15, -0.1) is 0 Å². The molecule has 0 spiro atoms. The van der Waals surface area contributed by atoms with Crippen molar-refractivity contribution < 1.29 is 4.79 Å². The number of aryl methyl sites for hydroxylation is 1. The number of nitrogens with zero attached hydrogens (tertiary/aromatic N) is 1. The Hall–Kier alpha value is -1.42. The van der Waals surface area contributed by atoms with Gasteiger partial charge in [0.1, 0.15) is 0 Å². The summed E-state index contributed by atoms with van der Waals surface area (Å²) in [6, 6.07) is 1.42. The Morgan fingerprint density at radius 3 is 2.71 bits per heavy atom. The number of carbonyl (C=O) groups is 1. The maximum atomic E-state index is 11.8. The van der Waals surface area contributed by atoms with Gasteiger partial charge in [0.2, 0.25) is 5.91 Å². The average molecular weight is 235 g/mol. The van der Waals surface area contributed by atoms with Gasteiger partial charge in [0.15, 0.2) is 0 Å². The standard InChI is InChI=1S/C13H21N3O/c1-9-5-6-15-7-10(9)8-16-12(17)11(14)13(2,3)4/h5-7,11H,8,14H2,1-4H3,(H,16,17). The van der Waals surface area contributed by atoms with E-state index in [4.69, 9.17) is 5.73 Å². The lowest BCUT2D eigenvalue weighted by atomic mass is 9.87. The third kappa shape index (κ3) is 3.82. The molecule has 0 radical (unpaired) electrons. The third-order valence-corrected chi connectivity index (χ3v) is 2.82. The van der Waals surface area contributed by atoms with E-state index < -0.39 is 6.04 Å². The van der Waals surface area contributed by atoms with Crippen LogP contribution in [0.5, 0.6) is 0 Å². The van der Waals surface area contributed by atoms with Crippen molar-refractivity contribution >= 4 is 5.91 Å². The molecule has 0 aliphatic carbocycles. The van der Waals surface area contributed by atoms with Crippen LogP contribution in [0.4, 0.5) is 0 Å². The number of nitrogens with one attached hydrogen (secondary N) is 1. The van der Waals surface area contributed by atoms with Crippen molar-refractivity contribution in [1.82, 2.24) is 10.3 Å². The van der Waals surface area contributed by atoms with Gasteiger partial charge < -0.3 is 11.1 Å².